The van der Waals surface area contributed by atoms with Gasteiger partial charge in [0.15, 0.2) is 0 Å². The summed E-state index contributed by atoms with van der Waals surface area (Å²) in [7, 11) is 1.87. The Kier molecular flexibility index (Phi) is 4.43. The molecule has 1 aliphatic carbocycles. The second-order valence-corrected chi connectivity index (χ2v) is 6.07. The summed E-state index contributed by atoms with van der Waals surface area (Å²) in [6.07, 6.45) is -0.193. The number of benzene rings is 1. The van der Waals surface area contributed by atoms with Gasteiger partial charge in [-0.15, -0.1) is 0 Å². The van der Waals surface area contributed by atoms with Crippen LogP contribution in [0.1, 0.15) is 43.7 Å². The highest BCUT2D eigenvalue weighted by molar-refractivity contribution is 5.32. The zero-order valence-electron chi connectivity index (χ0n) is 12.1. The Bertz CT molecular complexity index is 445. The Labute approximate surface area is 118 Å². The Morgan fingerprint density at radius 2 is 1.90 bits per heavy atom. The molecule has 1 nitrogen and oxygen atoms in total. The second kappa shape index (κ2) is 5.76. The summed E-state index contributed by atoms with van der Waals surface area (Å²) < 4.78 is 38.7. The van der Waals surface area contributed by atoms with Crippen molar-refractivity contribution >= 4 is 0 Å². The minimum atomic E-state index is -4.27. The minimum absolute atomic E-state index is 0.150. The molecule has 0 bridgehead atoms. The van der Waals surface area contributed by atoms with Crippen molar-refractivity contribution in [2.45, 2.75) is 44.2 Å². The first-order valence-corrected chi connectivity index (χ1v) is 7.20. The lowest BCUT2D eigenvalue weighted by Crippen LogP contribution is -2.40. The van der Waals surface area contributed by atoms with Gasteiger partial charge in [-0.2, -0.15) is 13.2 Å². The first-order valence-electron chi connectivity index (χ1n) is 7.20. The van der Waals surface area contributed by atoms with Gasteiger partial charge in [-0.3, -0.25) is 0 Å². The van der Waals surface area contributed by atoms with Crippen LogP contribution in [-0.4, -0.2) is 13.6 Å². The molecule has 0 atom stereocenters. The van der Waals surface area contributed by atoms with Crippen molar-refractivity contribution in [2.75, 3.05) is 13.6 Å². The summed E-state index contributed by atoms with van der Waals surface area (Å²) in [5.74, 6) is 0.672. The van der Waals surface area contributed by atoms with Crippen LogP contribution in [0.5, 0.6) is 0 Å². The van der Waals surface area contributed by atoms with Gasteiger partial charge in [-0.05, 0) is 50.3 Å². The number of hydrogen-bond acceptors (Lipinski definition) is 1. The SMILES string of the molecule is CNCC1(c2cccc(C(F)(F)F)c2)CCC(C)CC1. The molecule has 0 heterocycles. The predicted octanol–water partition coefficient (Wildman–Crippen LogP) is 4.37. The van der Waals surface area contributed by atoms with Crippen LogP contribution in [0.2, 0.25) is 0 Å². The summed E-state index contributed by atoms with van der Waals surface area (Å²) in [5, 5.41) is 3.17. The van der Waals surface area contributed by atoms with Crippen molar-refractivity contribution in [3.8, 4) is 0 Å². The molecule has 0 radical (unpaired) electrons. The van der Waals surface area contributed by atoms with E-state index in [0.29, 0.717) is 5.92 Å². The van der Waals surface area contributed by atoms with Crippen LogP contribution in [0.3, 0.4) is 0 Å². The van der Waals surface area contributed by atoms with Crippen LogP contribution in [0.15, 0.2) is 24.3 Å². The fraction of sp³-hybridized carbons (Fsp3) is 0.625. The second-order valence-electron chi connectivity index (χ2n) is 6.07. The Morgan fingerprint density at radius 1 is 1.25 bits per heavy atom. The van der Waals surface area contributed by atoms with E-state index < -0.39 is 11.7 Å². The third kappa shape index (κ3) is 3.17. The summed E-state index contributed by atoms with van der Waals surface area (Å²) in [4.78, 5) is 0. The van der Waals surface area contributed by atoms with Crippen LogP contribution >= 0.6 is 0 Å². The van der Waals surface area contributed by atoms with E-state index in [-0.39, 0.29) is 5.41 Å². The van der Waals surface area contributed by atoms with Crippen molar-refractivity contribution in [3.05, 3.63) is 35.4 Å². The van der Waals surface area contributed by atoms with Crippen molar-refractivity contribution in [3.63, 3.8) is 0 Å². The first-order chi connectivity index (χ1) is 9.37. The lowest BCUT2D eigenvalue weighted by Gasteiger charge is -2.40. The van der Waals surface area contributed by atoms with E-state index in [2.05, 4.69) is 12.2 Å². The maximum Gasteiger partial charge on any atom is 0.416 e. The fourth-order valence-electron chi connectivity index (χ4n) is 3.25. The molecule has 1 aromatic rings. The van der Waals surface area contributed by atoms with Crippen molar-refractivity contribution in [1.82, 2.24) is 5.32 Å². The summed E-state index contributed by atoms with van der Waals surface area (Å²) in [5.41, 5.74) is 0.139. The number of likely N-dealkylation sites (N-methyl/N-ethyl adjacent to an activating group) is 1. The molecular formula is C16H22F3N. The van der Waals surface area contributed by atoms with Crippen LogP contribution in [0.25, 0.3) is 0 Å². The van der Waals surface area contributed by atoms with E-state index in [9.17, 15) is 13.2 Å². The van der Waals surface area contributed by atoms with Gasteiger partial charge in [0.2, 0.25) is 0 Å². The molecule has 0 amide bonds. The van der Waals surface area contributed by atoms with Crippen molar-refractivity contribution in [2.24, 2.45) is 5.92 Å². The van der Waals surface area contributed by atoms with E-state index in [4.69, 9.17) is 0 Å². The third-order valence-electron chi connectivity index (χ3n) is 4.55. The molecule has 0 unspecified atom stereocenters. The molecule has 1 saturated carbocycles. The maximum absolute atomic E-state index is 12.9. The van der Waals surface area contributed by atoms with E-state index in [1.54, 1.807) is 0 Å². The van der Waals surface area contributed by atoms with Gasteiger partial charge >= 0.3 is 6.18 Å². The van der Waals surface area contributed by atoms with Gasteiger partial charge in [0, 0.05) is 12.0 Å². The Morgan fingerprint density at radius 3 is 2.45 bits per heavy atom. The molecule has 1 aliphatic rings. The largest absolute Gasteiger partial charge is 0.416 e. The highest BCUT2D eigenvalue weighted by Crippen LogP contribution is 2.42. The number of rotatable bonds is 3. The lowest BCUT2D eigenvalue weighted by atomic mass is 9.66. The Hall–Kier alpha value is -1.03. The van der Waals surface area contributed by atoms with Crippen LogP contribution < -0.4 is 5.32 Å². The highest BCUT2D eigenvalue weighted by Gasteiger charge is 2.37. The zero-order valence-corrected chi connectivity index (χ0v) is 12.1. The van der Waals surface area contributed by atoms with Gasteiger partial charge in [0.25, 0.3) is 0 Å². The third-order valence-corrected chi connectivity index (χ3v) is 4.55. The molecule has 4 heteroatoms. The predicted molar refractivity (Wildman–Crippen MR) is 74.7 cm³/mol. The normalized spacial score (nSPS) is 27.6. The molecule has 20 heavy (non-hydrogen) atoms. The quantitative estimate of drug-likeness (QED) is 0.869. The monoisotopic (exact) mass is 285 g/mol. The molecule has 2 rings (SSSR count). The summed E-state index contributed by atoms with van der Waals surface area (Å²) >= 11 is 0. The van der Waals surface area contributed by atoms with Crippen LogP contribution in [0.4, 0.5) is 13.2 Å². The van der Waals surface area contributed by atoms with E-state index >= 15 is 0 Å². The highest BCUT2D eigenvalue weighted by atomic mass is 19.4. The molecule has 0 aliphatic heterocycles. The standard InChI is InChI=1S/C16H22F3N/c1-12-6-8-15(9-7-12,11-20-2)13-4-3-5-14(10-13)16(17,18)19/h3-5,10,12,20H,6-9,11H2,1-2H3. The van der Waals surface area contributed by atoms with Crippen LogP contribution in [0, 0.1) is 5.92 Å². The fourth-order valence-corrected chi connectivity index (χ4v) is 3.25. The van der Waals surface area contributed by atoms with E-state index in [0.717, 1.165) is 43.9 Å². The molecular weight excluding hydrogens is 263 g/mol. The molecule has 0 spiro atoms. The minimum Gasteiger partial charge on any atom is -0.319 e. The van der Waals surface area contributed by atoms with E-state index in [1.165, 1.54) is 12.1 Å². The topological polar surface area (TPSA) is 12.0 Å². The van der Waals surface area contributed by atoms with Gasteiger partial charge in [0.05, 0.1) is 5.56 Å². The summed E-state index contributed by atoms with van der Waals surface area (Å²) in [6, 6.07) is 5.88. The number of hydrogen-bond donors (Lipinski definition) is 1. The molecule has 1 aromatic carbocycles. The molecule has 1 fully saturated rings. The van der Waals surface area contributed by atoms with Gasteiger partial charge < -0.3 is 5.32 Å². The zero-order chi connectivity index (χ0) is 14.8. The number of nitrogens with one attached hydrogen (secondary N) is 1. The van der Waals surface area contributed by atoms with Crippen molar-refractivity contribution < 1.29 is 13.2 Å². The number of alkyl halides is 3. The maximum atomic E-state index is 12.9. The molecule has 0 saturated heterocycles. The average Bonchev–Trinajstić information content (AvgIpc) is 2.41. The van der Waals surface area contributed by atoms with Crippen LogP contribution in [-0.2, 0) is 11.6 Å². The smallest absolute Gasteiger partial charge is 0.319 e. The van der Waals surface area contributed by atoms with Gasteiger partial charge in [-0.1, -0.05) is 25.1 Å². The summed E-state index contributed by atoms with van der Waals surface area (Å²) in [6.45, 7) is 2.95. The average molecular weight is 285 g/mol. The van der Waals surface area contributed by atoms with Crippen molar-refractivity contribution in [1.29, 1.82) is 0 Å². The number of halogens is 3. The van der Waals surface area contributed by atoms with Gasteiger partial charge in [-0.25, -0.2) is 0 Å². The molecule has 1 N–H and O–H groups in total. The van der Waals surface area contributed by atoms with E-state index in [1.807, 2.05) is 13.1 Å². The van der Waals surface area contributed by atoms with Gasteiger partial charge in [0.1, 0.15) is 0 Å². The lowest BCUT2D eigenvalue weighted by molar-refractivity contribution is -0.137. The molecule has 0 aromatic heterocycles. The Balaban J connectivity index is 2.35. The molecule has 112 valence electrons. The first kappa shape index (κ1) is 15.4.